The normalized spacial score (nSPS) is 10.5. The minimum Gasteiger partial charge on any atom is -0.451 e. The average Bonchev–Trinajstić information content (AvgIpc) is 2.63. The molecule has 1 heterocycles. The number of furan rings is 1. The van der Waals surface area contributed by atoms with Crippen LogP contribution in [0.25, 0.3) is 11.0 Å². The van der Waals surface area contributed by atoms with Crippen molar-refractivity contribution in [1.29, 1.82) is 0 Å². The lowest BCUT2D eigenvalue weighted by atomic mass is 10.2. The van der Waals surface area contributed by atoms with E-state index in [1.165, 1.54) is 0 Å². The van der Waals surface area contributed by atoms with Crippen LogP contribution < -0.4 is 5.32 Å². The highest BCUT2D eigenvalue weighted by atomic mass is 79.9. The summed E-state index contributed by atoms with van der Waals surface area (Å²) >= 11 is 3.41. The zero-order valence-corrected chi connectivity index (χ0v) is 9.80. The van der Waals surface area contributed by atoms with Gasteiger partial charge < -0.3 is 9.73 Å². The van der Waals surface area contributed by atoms with Crippen LogP contribution in [0.5, 0.6) is 0 Å². The molecule has 0 bridgehead atoms. The van der Waals surface area contributed by atoms with E-state index in [1.807, 2.05) is 25.1 Å². The van der Waals surface area contributed by atoms with Crippen molar-refractivity contribution in [2.75, 3.05) is 6.54 Å². The molecule has 0 saturated carbocycles. The smallest absolute Gasteiger partial charge is 0.287 e. The molecule has 0 fully saturated rings. The Morgan fingerprint density at radius 2 is 2.33 bits per heavy atom. The lowest BCUT2D eigenvalue weighted by Gasteiger charge is -1.95. The van der Waals surface area contributed by atoms with E-state index in [2.05, 4.69) is 21.2 Å². The molecule has 2 aromatic rings. The lowest BCUT2D eigenvalue weighted by Crippen LogP contribution is -2.21. The van der Waals surface area contributed by atoms with Crippen molar-refractivity contribution in [3.63, 3.8) is 0 Å². The number of amides is 1. The van der Waals surface area contributed by atoms with Gasteiger partial charge in [-0.2, -0.15) is 0 Å². The summed E-state index contributed by atoms with van der Waals surface area (Å²) in [6, 6.07) is 7.37. The van der Waals surface area contributed by atoms with Crippen LogP contribution in [-0.2, 0) is 0 Å². The summed E-state index contributed by atoms with van der Waals surface area (Å²) in [4.78, 5) is 11.5. The Morgan fingerprint density at radius 3 is 3.00 bits per heavy atom. The number of hydrogen-bond donors (Lipinski definition) is 1. The minimum atomic E-state index is -0.180. The van der Waals surface area contributed by atoms with Crippen molar-refractivity contribution in [3.05, 3.63) is 34.5 Å². The maximum Gasteiger partial charge on any atom is 0.287 e. The molecule has 0 spiro atoms. The molecule has 0 radical (unpaired) electrons. The second-order valence-electron chi connectivity index (χ2n) is 3.12. The fraction of sp³-hybridized carbons (Fsp3) is 0.182. The van der Waals surface area contributed by atoms with Gasteiger partial charge in [-0.1, -0.05) is 22.0 Å². The predicted molar refractivity (Wildman–Crippen MR) is 61.9 cm³/mol. The molecule has 1 N–H and O–H groups in total. The van der Waals surface area contributed by atoms with Crippen LogP contribution in [0, 0.1) is 0 Å². The van der Waals surface area contributed by atoms with Crippen LogP contribution in [0.2, 0.25) is 0 Å². The molecule has 3 nitrogen and oxygen atoms in total. The fourth-order valence-corrected chi connectivity index (χ4v) is 1.85. The van der Waals surface area contributed by atoms with Gasteiger partial charge in [0, 0.05) is 16.4 Å². The van der Waals surface area contributed by atoms with Gasteiger partial charge in [-0.3, -0.25) is 4.79 Å². The van der Waals surface area contributed by atoms with E-state index in [0.29, 0.717) is 17.9 Å². The second kappa shape index (κ2) is 4.06. The number of hydrogen-bond acceptors (Lipinski definition) is 2. The van der Waals surface area contributed by atoms with Crippen LogP contribution in [0.15, 0.2) is 33.2 Å². The molecule has 0 saturated heterocycles. The van der Waals surface area contributed by atoms with Gasteiger partial charge in [0.15, 0.2) is 5.76 Å². The molecule has 2 rings (SSSR count). The molecule has 4 heteroatoms. The first-order chi connectivity index (χ1) is 7.22. The van der Waals surface area contributed by atoms with Gasteiger partial charge in [0.1, 0.15) is 5.58 Å². The SMILES string of the molecule is CCNC(=O)c1cc2c(Br)cccc2o1. The summed E-state index contributed by atoms with van der Waals surface area (Å²) in [5.41, 5.74) is 0.714. The lowest BCUT2D eigenvalue weighted by molar-refractivity contribution is 0.0930. The third-order valence-electron chi connectivity index (χ3n) is 2.07. The molecule has 1 aromatic carbocycles. The van der Waals surface area contributed by atoms with E-state index in [9.17, 15) is 4.79 Å². The Balaban J connectivity index is 2.47. The Labute approximate surface area is 95.6 Å². The number of rotatable bonds is 2. The number of nitrogens with one attached hydrogen (secondary N) is 1. The van der Waals surface area contributed by atoms with Gasteiger partial charge in [0.2, 0.25) is 0 Å². The van der Waals surface area contributed by atoms with E-state index < -0.39 is 0 Å². The Hall–Kier alpha value is -1.29. The molecule has 0 aliphatic rings. The van der Waals surface area contributed by atoms with Crippen LogP contribution in [0.3, 0.4) is 0 Å². The van der Waals surface area contributed by atoms with E-state index >= 15 is 0 Å². The molecule has 0 aliphatic carbocycles. The van der Waals surface area contributed by atoms with E-state index in [4.69, 9.17) is 4.42 Å². The quantitative estimate of drug-likeness (QED) is 0.909. The van der Waals surface area contributed by atoms with Crippen LogP contribution in [-0.4, -0.2) is 12.5 Å². The summed E-state index contributed by atoms with van der Waals surface area (Å²) < 4.78 is 6.35. The predicted octanol–water partition coefficient (Wildman–Crippen LogP) is 2.95. The summed E-state index contributed by atoms with van der Waals surface area (Å²) in [5, 5.41) is 3.61. The molecule has 15 heavy (non-hydrogen) atoms. The molecule has 0 unspecified atom stereocenters. The molecule has 78 valence electrons. The second-order valence-corrected chi connectivity index (χ2v) is 3.98. The standard InChI is InChI=1S/C11H10BrNO2/c1-2-13-11(14)10-6-7-8(12)4-3-5-9(7)15-10/h3-6H,2H2,1H3,(H,13,14). The highest BCUT2D eigenvalue weighted by Gasteiger charge is 2.12. The van der Waals surface area contributed by atoms with Crippen molar-refractivity contribution >= 4 is 32.8 Å². The fourth-order valence-electron chi connectivity index (χ4n) is 1.38. The summed E-state index contributed by atoms with van der Waals surface area (Å²) in [7, 11) is 0. The summed E-state index contributed by atoms with van der Waals surface area (Å²) in [6.45, 7) is 2.47. The van der Waals surface area contributed by atoms with Crippen LogP contribution >= 0.6 is 15.9 Å². The maximum absolute atomic E-state index is 11.5. The third-order valence-corrected chi connectivity index (χ3v) is 2.76. The number of benzene rings is 1. The van der Waals surface area contributed by atoms with Gasteiger partial charge in [-0.15, -0.1) is 0 Å². The first-order valence-electron chi connectivity index (χ1n) is 4.68. The largest absolute Gasteiger partial charge is 0.451 e. The summed E-state index contributed by atoms with van der Waals surface area (Å²) in [6.07, 6.45) is 0. The van der Waals surface area contributed by atoms with E-state index in [0.717, 1.165) is 9.86 Å². The Kier molecular flexibility index (Phi) is 2.77. The van der Waals surface area contributed by atoms with Crippen molar-refractivity contribution in [2.24, 2.45) is 0 Å². The van der Waals surface area contributed by atoms with Gasteiger partial charge in [0.05, 0.1) is 0 Å². The average molecular weight is 268 g/mol. The summed E-state index contributed by atoms with van der Waals surface area (Å²) in [5.74, 6) is 0.166. The highest BCUT2D eigenvalue weighted by Crippen LogP contribution is 2.26. The Bertz CT molecular complexity index is 504. The molecule has 0 atom stereocenters. The van der Waals surface area contributed by atoms with Gasteiger partial charge in [-0.05, 0) is 25.1 Å². The monoisotopic (exact) mass is 267 g/mol. The highest BCUT2D eigenvalue weighted by molar-refractivity contribution is 9.10. The van der Waals surface area contributed by atoms with Crippen molar-refractivity contribution in [3.8, 4) is 0 Å². The van der Waals surface area contributed by atoms with Gasteiger partial charge >= 0.3 is 0 Å². The zero-order chi connectivity index (χ0) is 10.8. The molecule has 1 amide bonds. The number of carbonyl (C=O) groups is 1. The number of fused-ring (bicyclic) bond motifs is 1. The molecular weight excluding hydrogens is 258 g/mol. The van der Waals surface area contributed by atoms with Gasteiger partial charge in [-0.25, -0.2) is 0 Å². The van der Waals surface area contributed by atoms with E-state index in [1.54, 1.807) is 6.07 Å². The number of halogens is 1. The van der Waals surface area contributed by atoms with E-state index in [-0.39, 0.29) is 5.91 Å². The van der Waals surface area contributed by atoms with Crippen molar-refractivity contribution in [2.45, 2.75) is 6.92 Å². The molecule has 1 aromatic heterocycles. The van der Waals surface area contributed by atoms with Gasteiger partial charge in [0.25, 0.3) is 5.91 Å². The third kappa shape index (κ3) is 1.90. The molecular formula is C11H10BrNO2. The van der Waals surface area contributed by atoms with Crippen LogP contribution in [0.1, 0.15) is 17.5 Å². The van der Waals surface area contributed by atoms with Crippen LogP contribution in [0.4, 0.5) is 0 Å². The number of carbonyl (C=O) groups excluding carboxylic acids is 1. The Morgan fingerprint density at radius 1 is 1.53 bits per heavy atom. The zero-order valence-electron chi connectivity index (χ0n) is 8.21. The topological polar surface area (TPSA) is 42.2 Å². The van der Waals surface area contributed by atoms with Crippen molar-refractivity contribution < 1.29 is 9.21 Å². The van der Waals surface area contributed by atoms with Crippen molar-refractivity contribution in [1.82, 2.24) is 5.32 Å². The minimum absolute atomic E-state index is 0.180. The first-order valence-corrected chi connectivity index (χ1v) is 5.48. The maximum atomic E-state index is 11.5. The first kappa shape index (κ1) is 10.2. The molecule has 0 aliphatic heterocycles.